The van der Waals surface area contributed by atoms with Crippen molar-refractivity contribution in [3.63, 3.8) is 0 Å². The molecule has 3 aliphatic rings. The van der Waals surface area contributed by atoms with Crippen LogP contribution in [-0.4, -0.2) is 24.5 Å². The maximum Gasteiger partial charge on any atom is 0.416 e. The number of carbonyl (C=O) groups is 2. The van der Waals surface area contributed by atoms with E-state index in [-0.39, 0.29) is 29.2 Å². The summed E-state index contributed by atoms with van der Waals surface area (Å²) in [5, 5.41) is 8.18. The third-order valence-electron chi connectivity index (χ3n) is 6.51. The molecular formula is C24H21ClF3N3O3. The van der Waals surface area contributed by atoms with E-state index in [0.717, 1.165) is 17.7 Å². The molecule has 1 saturated heterocycles. The summed E-state index contributed by atoms with van der Waals surface area (Å²) in [7, 11) is 0. The zero-order chi connectivity index (χ0) is 24.0. The maximum absolute atomic E-state index is 13.4. The van der Waals surface area contributed by atoms with Crippen molar-refractivity contribution in [3.8, 4) is 0 Å². The molecule has 0 radical (unpaired) electrons. The van der Waals surface area contributed by atoms with E-state index in [0.29, 0.717) is 24.1 Å². The van der Waals surface area contributed by atoms with Crippen LogP contribution in [0, 0.1) is 5.92 Å². The van der Waals surface area contributed by atoms with Crippen molar-refractivity contribution in [1.82, 2.24) is 10.6 Å². The summed E-state index contributed by atoms with van der Waals surface area (Å²) in [6.45, 7) is 0.188. The first-order valence-electron chi connectivity index (χ1n) is 10.9. The standard InChI is InChI=1S/C24H21ClF3N3O3/c25-18-20(23(33)31-22(18)32)29-11-14-7-8-15-19(12-4-2-1-3-5-12)30-17-9-6-13(24(26,27)28)10-16(17)21(15)34-14/h1-6,9-10,14-15,19,21,30H,7-8,11H2,(H2,29,31,32,33)/t14-,15+,19+,21+/m1/s1. The number of alkyl halides is 3. The number of benzene rings is 2. The van der Waals surface area contributed by atoms with Crippen LogP contribution in [0.3, 0.4) is 0 Å². The Morgan fingerprint density at radius 3 is 2.50 bits per heavy atom. The highest BCUT2D eigenvalue weighted by Gasteiger charge is 2.44. The molecule has 2 aromatic rings. The SMILES string of the molecule is O=C1NC(=O)C(NC[C@H]2CC[C@@H]3[C@H](O2)c2cc(C(F)(F)F)ccc2N[C@H]3c2ccccc2)=C1Cl. The van der Waals surface area contributed by atoms with Gasteiger partial charge in [0.25, 0.3) is 11.8 Å². The Bertz CT molecular complexity index is 1170. The lowest BCUT2D eigenvalue weighted by Gasteiger charge is -2.46. The number of carbonyl (C=O) groups excluding carboxylic acids is 2. The second-order valence-electron chi connectivity index (χ2n) is 8.61. The smallest absolute Gasteiger partial charge is 0.378 e. The number of fused-ring (bicyclic) bond motifs is 3. The number of amides is 2. The Hall–Kier alpha value is -3.04. The molecular weight excluding hydrogens is 471 g/mol. The maximum atomic E-state index is 13.4. The van der Waals surface area contributed by atoms with Gasteiger partial charge in [-0.2, -0.15) is 13.2 Å². The fourth-order valence-electron chi connectivity index (χ4n) is 4.88. The first-order chi connectivity index (χ1) is 16.2. The summed E-state index contributed by atoms with van der Waals surface area (Å²) >= 11 is 5.89. The van der Waals surface area contributed by atoms with Crippen LogP contribution in [0.1, 0.15) is 41.7 Å². The lowest BCUT2D eigenvalue weighted by molar-refractivity contribution is -0.138. The van der Waals surface area contributed by atoms with Gasteiger partial charge in [-0.25, -0.2) is 0 Å². The van der Waals surface area contributed by atoms with E-state index in [4.69, 9.17) is 16.3 Å². The third-order valence-corrected chi connectivity index (χ3v) is 6.87. The molecule has 6 nitrogen and oxygen atoms in total. The number of hydrogen-bond donors (Lipinski definition) is 3. The van der Waals surface area contributed by atoms with Crippen molar-refractivity contribution >= 4 is 29.1 Å². The van der Waals surface area contributed by atoms with Gasteiger partial charge in [-0.15, -0.1) is 0 Å². The Kier molecular flexibility index (Phi) is 5.77. The number of ether oxygens (including phenoxy) is 1. The lowest BCUT2D eigenvalue weighted by Crippen LogP contribution is -2.42. The van der Waals surface area contributed by atoms with Gasteiger partial charge in [0.15, 0.2) is 0 Å². The molecule has 0 aromatic heterocycles. The lowest BCUT2D eigenvalue weighted by atomic mass is 9.76. The Morgan fingerprint density at radius 2 is 1.82 bits per heavy atom. The monoisotopic (exact) mass is 491 g/mol. The normalized spacial score (nSPS) is 26.5. The molecule has 2 aromatic carbocycles. The van der Waals surface area contributed by atoms with Gasteiger partial charge in [-0.3, -0.25) is 14.9 Å². The average molecular weight is 492 g/mol. The number of nitrogens with one attached hydrogen (secondary N) is 3. The molecule has 3 aliphatic heterocycles. The summed E-state index contributed by atoms with van der Waals surface area (Å²) in [6, 6.07) is 13.3. The number of hydrogen-bond acceptors (Lipinski definition) is 5. The van der Waals surface area contributed by atoms with Crippen LogP contribution in [0.5, 0.6) is 0 Å². The number of halogens is 4. The molecule has 34 heavy (non-hydrogen) atoms. The van der Waals surface area contributed by atoms with E-state index in [1.165, 1.54) is 6.07 Å². The van der Waals surface area contributed by atoms with Crippen LogP contribution in [0.15, 0.2) is 59.3 Å². The van der Waals surface area contributed by atoms with Gasteiger partial charge in [0.1, 0.15) is 10.7 Å². The summed E-state index contributed by atoms with van der Waals surface area (Å²) in [5.74, 6) is -1.37. The third kappa shape index (κ3) is 4.14. The molecule has 0 unspecified atom stereocenters. The van der Waals surface area contributed by atoms with Crippen molar-refractivity contribution in [2.45, 2.75) is 37.3 Å². The average Bonchev–Trinajstić information content (AvgIpc) is 3.07. The number of anilines is 1. The predicted octanol–water partition coefficient (Wildman–Crippen LogP) is 4.40. The van der Waals surface area contributed by atoms with Gasteiger partial charge in [0.2, 0.25) is 0 Å². The highest BCUT2D eigenvalue weighted by atomic mass is 35.5. The summed E-state index contributed by atoms with van der Waals surface area (Å²) in [4.78, 5) is 23.5. The highest BCUT2D eigenvalue weighted by Crippen LogP contribution is 2.51. The number of imide groups is 1. The van der Waals surface area contributed by atoms with Crippen molar-refractivity contribution in [2.75, 3.05) is 11.9 Å². The van der Waals surface area contributed by atoms with Crippen molar-refractivity contribution in [2.24, 2.45) is 5.92 Å². The molecule has 1 fully saturated rings. The topological polar surface area (TPSA) is 79.5 Å². The van der Waals surface area contributed by atoms with Crippen LogP contribution < -0.4 is 16.0 Å². The van der Waals surface area contributed by atoms with E-state index < -0.39 is 35.8 Å². The molecule has 3 N–H and O–H groups in total. The highest BCUT2D eigenvalue weighted by molar-refractivity contribution is 6.47. The molecule has 0 bridgehead atoms. The van der Waals surface area contributed by atoms with Crippen LogP contribution in [0.25, 0.3) is 0 Å². The molecule has 4 atom stereocenters. The van der Waals surface area contributed by atoms with Gasteiger partial charge in [0.05, 0.1) is 23.8 Å². The van der Waals surface area contributed by atoms with Crippen molar-refractivity contribution in [3.05, 3.63) is 76.0 Å². The van der Waals surface area contributed by atoms with Gasteiger partial charge in [-0.1, -0.05) is 41.9 Å². The van der Waals surface area contributed by atoms with Gasteiger partial charge in [0, 0.05) is 23.7 Å². The first-order valence-corrected chi connectivity index (χ1v) is 11.3. The fourth-order valence-corrected chi connectivity index (χ4v) is 5.08. The molecule has 10 heteroatoms. The first kappa shape index (κ1) is 22.7. The second-order valence-corrected chi connectivity index (χ2v) is 8.98. The Morgan fingerprint density at radius 1 is 1.06 bits per heavy atom. The Balaban J connectivity index is 1.43. The van der Waals surface area contributed by atoms with Crippen LogP contribution >= 0.6 is 11.6 Å². The van der Waals surface area contributed by atoms with Crippen LogP contribution in [-0.2, 0) is 20.5 Å². The van der Waals surface area contributed by atoms with Crippen molar-refractivity contribution in [1.29, 1.82) is 0 Å². The number of rotatable bonds is 4. The van der Waals surface area contributed by atoms with Gasteiger partial charge >= 0.3 is 6.18 Å². The molecule has 0 saturated carbocycles. The zero-order valence-electron chi connectivity index (χ0n) is 17.8. The molecule has 0 spiro atoms. The quantitative estimate of drug-likeness (QED) is 0.552. The molecule has 2 amide bonds. The van der Waals surface area contributed by atoms with Gasteiger partial charge < -0.3 is 15.4 Å². The summed E-state index contributed by atoms with van der Waals surface area (Å²) in [6.07, 6.45) is -4.13. The van der Waals surface area contributed by atoms with E-state index in [2.05, 4.69) is 16.0 Å². The van der Waals surface area contributed by atoms with Gasteiger partial charge in [-0.05, 0) is 36.6 Å². The largest absolute Gasteiger partial charge is 0.416 e. The molecule has 5 rings (SSSR count). The molecule has 3 heterocycles. The molecule has 0 aliphatic carbocycles. The zero-order valence-corrected chi connectivity index (χ0v) is 18.5. The minimum Gasteiger partial charge on any atom is -0.378 e. The summed E-state index contributed by atoms with van der Waals surface area (Å²) < 4.78 is 46.7. The van der Waals surface area contributed by atoms with Crippen LogP contribution in [0.2, 0.25) is 0 Å². The second kappa shape index (κ2) is 8.63. The van der Waals surface area contributed by atoms with E-state index in [1.807, 2.05) is 30.3 Å². The fraction of sp³-hybridized carbons (Fsp3) is 0.333. The Labute approximate surface area is 198 Å². The minimum atomic E-state index is -4.47. The predicted molar refractivity (Wildman–Crippen MR) is 119 cm³/mol. The van der Waals surface area contributed by atoms with Crippen molar-refractivity contribution < 1.29 is 27.5 Å². The minimum absolute atomic E-state index is 0.0235. The van der Waals surface area contributed by atoms with E-state index in [9.17, 15) is 22.8 Å². The van der Waals surface area contributed by atoms with Crippen LogP contribution in [0.4, 0.5) is 18.9 Å². The van der Waals surface area contributed by atoms with E-state index >= 15 is 0 Å². The molecule has 178 valence electrons. The van der Waals surface area contributed by atoms with E-state index in [1.54, 1.807) is 0 Å². The summed E-state index contributed by atoms with van der Waals surface area (Å²) in [5.41, 5.74) is 1.34.